The van der Waals surface area contributed by atoms with Crippen LogP contribution in [0.15, 0.2) is 59.2 Å². The summed E-state index contributed by atoms with van der Waals surface area (Å²) in [6.45, 7) is 5.62. The van der Waals surface area contributed by atoms with Gasteiger partial charge in [-0.2, -0.15) is 13.2 Å². The van der Waals surface area contributed by atoms with Gasteiger partial charge in [0.2, 0.25) is 5.89 Å². The van der Waals surface area contributed by atoms with Crippen LogP contribution in [0.25, 0.3) is 0 Å². The molecular formula is C29H32F3N3O4. The van der Waals surface area contributed by atoms with Crippen LogP contribution in [0.2, 0.25) is 0 Å². The predicted molar refractivity (Wildman–Crippen MR) is 137 cm³/mol. The van der Waals surface area contributed by atoms with Gasteiger partial charge in [0.25, 0.3) is 5.91 Å². The molecule has 1 atom stereocenters. The Morgan fingerprint density at radius 1 is 1.10 bits per heavy atom. The van der Waals surface area contributed by atoms with E-state index in [1.807, 2.05) is 36.1 Å². The number of rotatable bonds is 9. The molecule has 1 amide bonds. The zero-order valence-electron chi connectivity index (χ0n) is 22.0. The van der Waals surface area contributed by atoms with Crippen molar-refractivity contribution in [2.24, 2.45) is 5.92 Å². The first kappa shape index (κ1) is 28.4. The number of halogens is 3. The van der Waals surface area contributed by atoms with Crippen molar-refractivity contribution in [3.8, 4) is 0 Å². The summed E-state index contributed by atoms with van der Waals surface area (Å²) < 4.78 is 50.6. The molecule has 0 saturated carbocycles. The number of ether oxygens (including phenoxy) is 1. The molecule has 10 heteroatoms. The Bertz CT molecular complexity index is 1270. The topological polar surface area (TPSA) is 75.9 Å². The van der Waals surface area contributed by atoms with Gasteiger partial charge in [-0.15, -0.1) is 0 Å². The summed E-state index contributed by atoms with van der Waals surface area (Å²) in [7, 11) is 0. The van der Waals surface area contributed by atoms with E-state index in [0.29, 0.717) is 31.5 Å². The number of aryl methyl sites for hydroxylation is 1. The van der Waals surface area contributed by atoms with Crippen LogP contribution in [0, 0.1) is 12.8 Å². The minimum Gasteiger partial charge on any atom is -0.466 e. The molecule has 1 aromatic heterocycles. The van der Waals surface area contributed by atoms with Crippen LogP contribution < -0.4 is 0 Å². The average molecular weight is 544 g/mol. The van der Waals surface area contributed by atoms with Crippen molar-refractivity contribution in [3.63, 3.8) is 0 Å². The highest BCUT2D eigenvalue weighted by Gasteiger charge is 2.32. The Balaban J connectivity index is 1.49. The third-order valence-electron chi connectivity index (χ3n) is 6.65. The highest BCUT2D eigenvalue weighted by atomic mass is 19.4. The Morgan fingerprint density at radius 2 is 1.85 bits per heavy atom. The molecule has 0 N–H and O–H groups in total. The van der Waals surface area contributed by atoms with Crippen LogP contribution in [0.5, 0.6) is 0 Å². The number of likely N-dealkylation sites (tertiary alicyclic amines) is 1. The lowest BCUT2D eigenvalue weighted by Crippen LogP contribution is -2.43. The van der Waals surface area contributed by atoms with Gasteiger partial charge in [0, 0.05) is 26.2 Å². The maximum Gasteiger partial charge on any atom is 0.416 e. The van der Waals surface area contributed by atoms with Gasteiger partial charge in [-0.25, -0.2) is 4.98 Å². The quantitative estimate of drug-likeness (QED) is 0.326. The fourth-order valence-corrected chi connectivity index (χ4v) is 4.67. The molecule has 1 fully saturated rings. The molecule has 1 aliphatic heterocycles. The Morgan fingerprint density at radius 3 is 2.56 bits per heavy atom. The van der Waals surface area contributed by atoms with Crippen molar-refractivity contribution < 1.29 is 31.9 Å². The van der Waals surface area contributed by atoms with Crippen molar-refractivity contribution >= 4 is 11.9 Å². The number of esters is 1. The van der Waals surface area contributed by atoms with E-state index in [1.165, 1.54) is 12.3 Å². The average Bonchev–Trinajstić information content (AvgIpc) is 3.38. The second kappa shape index (κ2) is 12.5. The van der Waals surface area contributed by atoms with Gasteiger partial charge in [0.15, 0.2) is 5.69 Å². The lowest BCUT2D eigenvalue weighted by molar-refractivity contribution is -0.149. The van der Waals surface area contributed by atoms with Crippen LogP contribution in [0.1, 0.15) is 58.4 Å². The van der Waals surface area contributed by atoms with Gasteiger partial charge < -0.3 is 14.1 Å². The monoisotopic (exact) mass is 543 g/mol. The standard InChI is InChI=1S/C29H32F3N3O4/c1-3-38-28(37)23-7-5-13-35(17-23)27(36)25-19-39-26(33-25)18-34(15-21-11-9-20(2)10-12-21)16-22-6-4-8-24(14-22)29(30,31)32/h4,6,8-12,14,19,23H,3,5,7,13,15-18H2,1-2H3/t23-/m1/s1. The van der Waals surface area contributed by atoms with E-state index < -0.39 is 11.7 Å². The SMILES string of the molecule is CCOC(=O)[C@@H]1CCCN(C(=O)c2coc(CN(Cc3ccc(C)cc3)Cc3cccc(C(F)(F)F)c3)n2)C1. The highest BCUT2D eigenvalue weighted by Crippen LogP contribution is 2.30. The minimum atomic E-state index is -4.43. The van der Waals surface area contributed by atoms with E-state index in [2.05, 4.69) is 4.98 Å². The fraction of sp³-hybridized carbons (Fsp3) is 0.414. The molecule has 3 aromatic rings. The van der Waals surface area contributed by atoms with E-state index in [-0.39, 0.29) is 55.6 Å². The molecule has 1 saturated heterocycles. The fourth-order valence-electron chi connectivity index (χ4n) is 4.67. The number of aromatic nitrogens is 1. The van der Waals surface area contributed by atoms with Crippen molar-refractivity contribution in [1.82, 2.24) is 14.8 Å². The number of amides is 1. The Hall–Kier alpha value is -3.66. The number of hydrogen-bond acceptors (Lipinski definition) is 6. The second-order valence-electron chi connectivity index (χ2n) is 9.80. The third-order valence-corrected chi connectivity index (χ3v) is 6.65. The minimum absolute atomic E-state index is 0.129. The first-order valence-corrected chi connectivity index (χ1v) is 13.0. The largest absolute Gasteiger partial charge is 0.466 e. The van der Waals surface area contributed by atoms with E-state index >= 15 is 0 Å². The van der Waals surface area contributed by atoms with Crippen molar-refractivity contribution in [2.45, 2.75) is 52.5 Å². The molecule has 0 bridgehead atoms. The van der Waals surface area contributed by atoms with E-state index in [4.69, 9.17) is 9.15 Å². The molecule has 1 aliphatic rings. The Kier molecular flexibility index (Phi) is 9.06. The van der Waals surface area contributed by atoms with Crippen LogP contribution >= 0.6 is 0 Å². The van der Waals surface area contributed by atoms with Gasteiger partial charge in [-0.3, -0.25) is 14.5 Å². The number of hydrogen-bond donors (Lipinski definition) is 0. The summed E-state index contributed by atoms with van der Waals surface area (Å²) in [5.41, 5.74) is 2.00. The number of carbonyl (C=O) groups is 2. The number of nitrogens with zero attached hydrogens (tertiary/aromatic N) is 3. The molecule has 0 radical (unpaired) electrons. The summed E-state index contributed by atoms with van der Waals surface area (Å²) >= 11 is 0. The normalized spacial score (nSPS) is 15.9. The van der Waals surface area contributed by atoms with E-state index in [9.17, 15) is 22.8 Å². The summed E-state index contributed by atoms with van der Waals surface area (Å²) in [6, 6.07) is 13.1. The van der Waals surface area contributed by atoms with Crippen LogP contribution in [-0.4, -0.2) is 46.4 Å². The summed E-state index contributed by atoms with van der Waals surface area (Å²) in [5, 5.41) is 0. The number of benzene rings is 2. The Labute approximate surface area is 225 Å². The first-order valence-electron chi connectivity index (χ1n) is 13.0. The van der Waals surface area contributed by atoms with Crippen LogP contribution in [0.3, 0.4) is 0 Å². The number of carbonyl (C=O) groups excluding carboxylic acids is 2. The third kappa shape index (κ3) is 7.69. The summed E-state index contributed by atoms with van der Waals surface area (Å²) in [4.78, 5) is 33.1. The van der Waals surface area contributed by atoms with Crippen LogP contribution in [0.4, 0.5) is 13.2 Å². The first-order chi connectivity index (χ1) is 18.6. The maximum absolute atomic E-state index is 13.3. The molecular weight excluding hydrogens is 511 g/mol. The predicted octanol–water partition coefficient (Wildman–Crippen LogP) is 5.62. The highest BCUT2D eigenvalue weighted by molar-refractivity contribution is 5.92. The molecule has 39 heavy (non-hydrogen) atoms. The smallest absolute Gasteiger partial charge is 0.416 e. The summed E-state index contributed by atoms with van der Waals surface area (Å²) in [6.07, 6.45) is -1.80. The van der Waals surface area contributed by atoms with E-state index in [1.54, 1.807) is 17.9 Å². The lowest BCUT2D eigenvalue weighted by atomic mass is 9.98. The van der Waals surface area contributed by atoms with Crippen molar-refractivity contribution in [3.05, 3.63) is 88.6 Å². The van der Waals surface area contributed by atoms with Gasteiger partial charge in [0.1, 0.15) is 6.26 Å². The zero-order valence-corrected chi connectivity index (χ0v) is 22.0. The van der Waals surface area contributed by atoms with Crippen molar-refractivity contribution in [1.29, 1.82) is 0 Å². The summed E-state index contributed by atoms with van der Waals surface area (Å²) in [5.74, 6) is -0.734. The van der Waals surface area contributed by atoms with Gasteiger partial charge in [-0.1, -0.05) is 48.0 Å². The van der Waals surface area contributed by atoms with Gasteiger partial charge >= 0.3 is 12.1 Å². The zero-order chi connectivity index (χ0) is 28.0. The molecule has 0 spiro atoms. The molecule has 2 heterocycles. The molecule has 7 nitrogen and oxygen atoms in total. The molecule has 2 aromatic carbocycles. The van der Waals surface area contributed by atoms with Gasteiger partial charge in [-0.05, 0) is 43.9 Å². The molecule has 4 rings (SSSR count). The lowest BCUT2D eigenvalue weighted by Gasteiger charge is -2.30. The molecule has 208 valence electrons. The van der Waals surface area contributed by atoms with Gasteiger partial charge in [0.05, 0.1) is 24.6 Å². The molecule has 0 aliphatic carbocycles. The molecule has 0 unspecified atom stereocenters. The van der Waals surface area contributed by atoms with Crippen LogP contribution in [-0.2, 0) is 35.3 Å². The second-order valence-corrected chi connectivity index (χ2v) is 9.80. The number of piperidine rings is 1. The number of alkyl halides is 3. The maximum atomic E-state index is 13.3. The van der Waals surface area contributed by atoms with E-state index in [0.717, 1.165) is 23.3 Å². The number of oxazole rings is 1. The van der Waals surface area contributed by atoms with Crippen molar-refractivity contribution in [2.75, 3.05) is 19.7 Å².